The molecular weight excluding hydrogens is 1780 g/mol. The first-order valence-corrected chi connectivity index (χ1v) is 49.3. The van der Waals surface area contributed by atoms with Gasteiger partial charge in [-0.25, -0.2) is 9.59 Å². The number of hydrogen-bond acceptors (Lipinski definition) is 37. The predicted molar refractivity (Wildman–Crippen MR) is 497 cm³/mol. The topological polar surface area (TPSA) is 474 Å². The van der Waals surface area contributed by atoms with E-state index in [1.165, 1.54) is 48.0 Å². The number of carbonyl (C=O) groups excluding carboxylic acids is 6. The second-order valence-corrected chi connectivity index (χ2v) is 42.7. The standard InChI is InChI=1S/C49H82N4O16S2.C43H79N3O14S/c1-16-37-49(11,60)41(55)30(6)52(14)24-26(2)22-47(9,59)43(28(4)39(29(5)44(57)66-37)67-38-23-48(10,63-15)42(56)31(7)65-38)69-46-40(35(51(12)13)21-27(3)64-46)68-45(58)33(50-32(8)54)25-70-71-36-20-18-17-19-34(36)53(61)62;1-16-31-43(11,53)35(48)26(6)46(14)20-22(2)18-41(9,52)37(24(4)33(25(5)38(50)57-31)58-32-19-42(10,54-15)36(49)27(7)56-32)60-40-34(30(45(12)13)17-23(3)55-40)59-39(51)29(21-61)44-28(8)47/h17-20,26-31,33,35,37-43,46,55-56,59-60H,16,21-25H2,1-15H3,(H,50,54);22-27,29-37,40,48-49,52-53,61H,16-21H2,1-15H3,(H,44,47)/t26-,27-,28+,29-,30-,31+,33+,35+,37-,38+,39+,40-,41-,42+,43-,46+,47-,48-,49-;22-,23-,24+,25-,26-,27+,29+,30+,31-,32+,33+,34-,35-,36+,37-,40+,41-,42-,43-/m11/s1. The van der Waals surface area contributed by atoms with Gasteiger partial charge in [0.2, 0.25) is 11.8 Å². The predicted octanol–water partition coefficient (Wildman–Crippen LogP) is 6.19. The molecule has 10 N–H and O–H groups in total. The fourth-order valence-corrected chi connectivity index (χ4v) is 22.4. The summed E-state index contributed by atoms with van der Waals surface area (Å²) < 4.78 is 89.3. The van der Waals surface area contributed by atoms with Gasteiger partial charge in [0, 0.05) is 95.5 Å². The van der Waals surface area contributed by atoms with E-state index < -0.39 is 251 Å². The number of cyclic esters (lactones) is 2. The lowest BCUT2D eigenvalue weighted by atomic mass is 9.77. The molecule has 6 aliphatic rings. The molecule has 37 nitrogen and oxygen atoms in total. The van der Waals surface area contributed by atoms with Gasteiger partial charge in [0.15, 0.2) is 37.4 Å². The molecule has 6 aliphatic heterocycles. The zero-order valence-corrected chi connectivity index (χ0v) is 85.9. The van der Waals surface area contributed by atoms with Crippen LogP contribution >= 0.6 is 34.2 Å². The number of para-hydroxylation sites is 1. The molecule has 132 heavy (non-hydrogen) atoms. The Bertz CT molecular complexity index is 3850. The van der Waals surface area contributed by atoms with Crippen LogP contribution in [0.1, 0.15) is 204 Å². The normalized spacial score (nSPS) is 41.8. The van der Waals surface area contributed by atoms with E-state index in [0.29, 0.717) is 30.8 Å². The van der Waals surface area contributed by atoms with Gasteiger partial charge in [0.25, 0.3) is 5.69 Å². The number of methoxy groups -OCH3 is 2. The van der Waals surface area contributed by atoms with Crippen molar-refractivity contribution in [1.82, 2.24) is 30.2 Å². The summed E-state index contributed by atoms with van der Waals surface area (Å²) in [6.45, 7) is 37.7. The van der Waals surface area contributed by atoms with Crippen molar-refractivity contribution in [2.24, 2.45) is 35.5 Å². The highest BCUT2D eigenvalue weighted by molar-refractivity contribution is 8.76. The Kier molecular flexibility index (Phi) is 43.7. The molecule has 7 rings (SSSR count). The molecule has 6 fully saturated rings. The van der Waals surface area contributed by atoms with Crippen LogP contribution in [0.3, 0.4) is 0 Å². The highest BCUT2D eigenvalue weighted by Gasteiger charge is 2.58. The summed E-state index contributed by atoms with van der Waals surface area (Å²) in [7, 11) is 16.1. The average Bonchev–Trinajstić information content (AvgIpc) is 1.05. The molecule has 0 aromatic heterocycles. The summed E-state index contributed by atoms with van der Waals surface area (Å²) >= 11 is 4.28. The van der Waals surface area contributed by atoms with Gasteiger partial charge in [0.1, 0.15) is 59.9 Å². The molecule has 6 saturated heterocycles. The number of esters is 4. The van der Waals surface area contributed by atoms with E-state index in [-0.39, 0.29) is 73.7 Å². The second kappa shape index (κ2) is 49.6. The number of nitro groups is 1. The quantitative estimate of drug-likeness (QED) is 0.0123. The van der Waals surface area contributed by atoms with Crippen LogP contribution in [0.2, 0.25) is 0 Å². The molecule has 0 aliphatic carbocycles. The van der Waals surface area contributed by atoms with E-state index in [9.17, 15) is 79.7 Å². The third kappa shape index (κ3) is 29.6. The van der Waals surface area contributed by atoms with Crippen LogP contribution in [-0.2, 0) is 95.1 Å². The number of amides is 2. The number of aliphatic hydroxyl groups is 8. The number of rotatable bonds is 26. The van der Waals surface area contributed by atoms with Crippen molar-refractivity contribution < 1.29 is 141 Å². The number of aliphatic hydroxyl groups excluding tert-OH is 4. The first-order valence-electron chi connectivity index (χ1n) is 46.3. The van der Waals surface area contributed by atoms with Crippen LogP contribution in [0.4, 0.5) is 5.69 Å². The van der Waals surface area contributed by atoms with Crippen LogP contribution in [0.25, 0.3) is 0 Å². The number of likely N-dealkylation sites (N-methyl/N-ethyl adjacent to an activating group) is 4. The molecule has 1 aromatic carbocycles. The molecule has 0 saturated carbocycles. The number of ether oxygens (including phenoxy) is 14. The molecule has 6 heterocycles. The summed E-state index contributed by atoms with van der Waals surface area (Å²) in [5.74, 6) is -8.61. The summed E-state index contributed by atoms with van der Waals surface area (Å²) in [6, 6.07) is 1.76. The van der Waals surface area contributed by atoms with Gasteiger partial charge in [-0.1, -0.05) is 75.3 Å². The highest BCUT2D eigenvalue weighted by Crippen LogP contribution is 2.46. The molecule has 0 unspecified atom stereocenters. The molecule has 2 amide bonds. The van der Waals surface area contributed by atoms with Crippen molar-refractivity contribution in [3.63, 3.8) is 0 Å². The van der Waals surface area contributed by atoms with Crippen molar-refractivity contribution in [2.45, 2.75) is 401 Å². The van der Waals surface area contributed by atoms with Crippen molar-refractivity contribution >= 4 is 75.6 Å². The summed E-state index contributed by atoms with van der Waals surface area (Å²) in [6.07, 6.45) is -19.4. The summed E-state index contributed by atoms with van der Waals surface area (Å²) in [4.78, 5) is 101. The van der Waals surface area contributed by atoms with Gasteiger partial charge in [-0.3, -0.25) is 29.3 Å². The summed E-state index contributed by atoms with van der Waals surface area (Å²) in [5.41, 5.74) is -9.48. The minimum atomic E-state index is -1.89. The van der Waals surface area contributed by atoms with Crippen molar-refractivity contribution in [1.29, 1.82) is 0 Å². The van der Waals surface area contributed by atoms with E-state index in [1.54, 1.807) is 122 Å². The smallest absolute Gasteiger partial charge is 0.330 e. The Morgan fingerprint density at radius 1 is 0.568 bits per heavy atom. The molecule has 0 radical (unpaired) electrons. The molecule has 0 bridgehead atoms. The number of nitrogens with zero attached hydrogens (tertiary/aromatic N) is 5. The fraction of sp³-hybridized carbons (Fsp3) is 0.870. The summed E-state index contributed by atoms with van der Waals surface area (Å²) in [5, 5.41) is 112. The maximum Gasteiger partial charge on any atom is 0.330 e. The Morgan fingerprint density at radius 3 is 1.27 bits per heavy atom. The van der Waals surface area contributed by atoms with Crippen molar-refractivity contribution in [2.75, 3.05) is 81.1 Å². The third-order valence-electron chi connectivity index (χ3n) is 27.8. The largest absolute Gasteiger partial charge is 0.459 e. The molecule has 1 aromatic rings. The third-order valence-corrected chi connectivity index (χ3v) is 30.6. The lowest BCUT2D eigenvalue weighted by molar-refractivity contribution is -0.387. The first-order chi connectivity index (χ1) is 61.1. The van der Waals surface area contributed by atoms with Crippen LogP contribution in [0.5, 0.6) is 0 Å². The van der Waals surface area contributed by atoms with Crippen LogP contribution in [0, 0.1) is 45.6 Å². The molecule has 762 valence electrons. The Labute approximate surface area is 794 Å². The van der Waals surface area contributed by atoms with Gasteiger partial charge in [-0.2, -0.15) is 12.6 Å². The first kappa shape index (κ1) is 116. The van der Waals surface area contributed by atoms with Crippen LogP contribution in [0.15, 0.2) is 29.2 Å². The van der Waals surface area contributed by atoms with Gasteiger partial charge >= 0.3 is 23.9 Å². The lowest BCUT2D eigenvalue weighted by Crippen LogP contribution is -2.61. The minimum Gasteiger partial charge on any atom is -0.459 e. The van der Waals surface area contributed by atoms with Crippen molar-refractivity contribution in [3.8, 4) is 0 Å². The average molecular weight is 1940 g/mol. The van der Waals surface area contributed by atoms with Crippen molar-refractivity contribution in [3.05, 3.63) is 34.4 Å². The van der Waals surface area contributed by atoms with E-state index in [1.807, 2.05) is 82.5 Å². The number of nitrogens with one attached hydrogen (secondary N) is 2. The van der Waals surface area contributed by atoms with E-state index in [2.05, 4.69) is 23.3 Å². The SMILES string of the molecule is CC[C@H]1OC(=O)[C@H](C)[C@@H](O[C@H]2C[C@@](C)(OC)[C@@H](O)[C@H](C)O2)[C@H](C)[C@@H](O[C@@H]2O[C@H](C)C[C@H](N(C)C)[C@H]2OC(=O)[C@H](CS)NC(C)=O)[C@](C)(O)C[C@@H](C)CN(C)[C@H](C)[C@@H](O)[C@]1(C)O.CC[C@H]1OC(=O)[C@H](C)[C@@H](O[C@H]2C[C@@](C)(OC)[C@@H](O)[C@H](C)O2)[C@H](C)[C@@H](O[C@@H]2O[C@H](C)C[C@H](N(C)C)[C@H]2OC(=O)[C@H](CSSc2ccccc2[N+](=O)[O-])NC(C)=O)[C@](C)(O)C[C@@H](C)CN(C)[C@H](C)[C@@H](O)[C@]1(C)O. The van der Waals surface area contributed by atoms with E-state index in [4.69, 9.17) is 66.3 Å². The number of benzene rings is 1. The highest BCUT2D eigenvalue weighted by atomic mass is 33.1. The second-order valence-electron chi connectivity index (χ2n) is 39.9. The van der Waals surface area contributed by atoms with Gasteiger partial charge in [-0.05, 0) is 196 Å². The molecule has 38 atom stereocenters. The maximum absolute atomic E-state index is 14.6. The van der Waals surface area contributed by atoms with E-state index >= 15 is 0 Å². The number of thiol groups is 1. The Hall–Kier alpha value is -4.39. The monoisotopic (exact) mass is 1940 g/mol. The number of hydrogen-bond donors (Lipinski definition) is 11. The van der Waals surface area contributed by atoms with Crippen LogP contribution in [-0.4, -0.2) is 375 Å². The van der Waals surface area contributed by atoms with E-state index in [0.717, 1.165) is 21.6 Å². The minimum absolute atomic E-state index is 0.0285. The zero-order chi connectivity index (χ0) is 100. The zero-order valence-electron chi connectivity index (χ0n) is 83.3. The van der Waals surface area contributed by atoms with Gasteiger partial charge in [-0.15, -0.1) is 0 Å². The Morgan fingerprint density at radius 2 is 0.932 bits per heavy atom. The molecule has 0 spiro atoms. The Balaban J connectivity index is 0.000000411. The van der Waals surface area contributed by atoms with Gasteiger partial charge < -0.3 is 137 Å². The molecule has 40 heteroatoms. The lowest BCUT2D eigenvalue weighted by Gasteiger charge is -2.49. The van der Waals surface area contributed by atoms with Gasteiger partial charge in [0.05, 0.1) is 105 Å². The number of carbonyl (C=O) groups is 6. The number of nitro benzene ring substituents is 1. The van der Waals surface area contributed by atoms with Crippen LogP contribution < -0.4 is 10.6 Å². The molecular formula is C92H161N7O30S3. The fourth-order valence-electron chi connectivity index (χ4n) is 19.8. The maximum atomic E-state index is 14.6.